The number of fused-ring (bicyclic) bond motifs is 8. The number of phenolic OH excluding ortho intramolecular Hbond substituents is 3. The Labute approximate surface area is 238 Å². The van der Waals surface area contributed by atoms with Gasteiger partial charge in [0.25, 0.3) is 0 Å². The molecule has 1 aromatic heterocycles. The molecule has 212 valence electrons. The van der Waals surface area contributed by atoms with Crippen molar-refractivity contribution in [2.24, 2.45) is 28.1 Å². The van der Waals surface area contributed by atoms with Gasteiger partial charge in [-0.3, -0.25) is 0 Å². The van der Waals surface area contributed by atoms with Gasteiger partial charge in [-0.25, -0.2) is 0 Å². The predicted molar refractivity (Wildman–Crippen MR) is 161 cm³/mol. The molecule has 1 heterocycles. The molecule has 0 radical (unpaired) electrons. The van der Waals surface area contributed by atoms with E-state index < -0.39 is 0 Å². The number of nitrogens with one attached hydrogen (secondary N) is 1. The van der Waals surface area contributed by atoms with Gasteiger partial charge in [0, 0.05) is 28.4 Å². The molecule has 2 aromatic carbocycles. The number of phenols is 3. The third-order valence-electron chi connectivity index (χ3n) is 13.1. The number of rotatable bonds is 1. The van der Waals surface area contributed by atoms with Crippen LogP contribution >= 0.6 is 0 Å². The predicted octanol–water partition coefficient (Wildman–Crippen LogP) is 8.97. The maximum Gasteiger partial charge on any atom is 0.160 e. The van der Waals surface area contributed by atoms with Crippen LogP contribution in [0.5, 0.6) is 17.2 Å². The maximum absolute atomic E-state index is 11.0. The summed E-state index contributed by atoms with van der Waals surface area (Å²) in [6, 6.07) is 7.37. The minimum atomic E-state index is -0.210. The summed E-state index contributed by atoms with van der Waals surface area (Å²) >= 11 is 0. The average Bonchev–Trinajstić information content (AvgIpc) is 3.33. The zero-order valence-corrected chi connectivity index (χ0v) is 25.0. The van der Waals surface area contributed by atoms with Crippen LogP contribution in [0.3, 0.4) is 0 Å². The molecule has 4 N–H and O–H groups in total. The van der Waals surface area contributed by atoms with Crippen LogP contribution in [-0.4, -0.2) is 20.3 Å². The lowest BCUT2D eigenvalue weighted by Gasteiger charge is -2.69. The Balaban J connectivity index is 1.49. The highest BCUT2D eigenvalue weighted by Gasteiger charge is 2.65. The smallest absolute Gasteiger partial charge is 0.160 e. The number of aromatic amines is 1. The van der Waals surface area contributed by atoms with E-state index in [0.29, 0.717) is 11.3 Å². The normalized spacial score (nSPS) is 38.6. The topological polar surface area (TPSA) is 76.5 Å². The largest absolute Gasteiger partial charge is 0.508 e. The molecule has 0 spiro atoms. The van der Waals surface area contributed by atoms with Crippen molar-refractivity contribution >= 4 is 10.9 Å². The molecule has 4 nitrogen and oxygen atoms in total. The molecule has 4 aliphatic rings. The van der Waals surface area contributed by atoms with E-state index in [1.165, 1.54) is 44.1 Å². The van der Waals surface area contributed by atoms with Gasteiger partial charge in [0.2, 0.25) is 0 Å². The molecular weight excluding hydrogens is 494 g/mol. The number of H-pyrrole nitrogens is 1. The van der Waals surface area contributed by atoms with Crippen molar-refractivity contribution < 1.29 is 15.3 Å². The number of hydrogen-bond donors (Lipinski definition) is 4. The lowest BCUT2D eigenvalue weighted by Crippen LogP contribution is -2.61. The molecule has 0 bridgehead atoms. The zero-order valence-electron chi connectivity index (χ0n) is 25.0. The Morgan fingerprint density at radius 2 is 1.70 bits per heavy atom. The van der Waals surface area contributed by atoms with Gasteiger partial charge in [-0.05, 0) is 120 Å². The Morgan fingerprint density at radius 1 is 0.925 bits per heavy atom. The summed E-state index contributed by atoms with van der Waals surface area (Å²) in [6.45, 7) is 14.6. The van der Waals surface area contributed by atoms with Gasteiger partial charge in [-0.2, -0.15) is 0 Å². The first-order valence-electron chi connectivity index (χ1n) is 15.4. The second-order valence-electron chi connectivity index (χ2n) is 15.0. The van der Waals surface area contributed by atoms with Gasteiger partial charge in [-0.1, -0.05) is 52.7 Å². The summed E-state index contributed by atoms with van der Waals surface area (Å²) in [6.07, 6.45) is 13.3. The first kappa shape index (κ1) is 26.0. The van der Waals surface area contributed by atoms with Gasteiger partial charge in [0.15, 0.2) is 11.5 Å². The number of aromatic hydroxyl groups is 3. The fourth-order valence-corrected chi connectivity index (χ4v) is 10.4. The zero-order chi connectivity index (χ0) is 28.4. The Kier molecular flexibility index (Phi) is 5.28. The highest BCUT2D eigenvalue weighted by atomic mass is 16.3. The van der Waals surface area contributed by atoms with Crippen LogP contribution in [-0.2, 0) is 5.41 Å². The van der Waals surface area contributed by atoms with E-state index in [0.717, 1.165) is 45.5 Å². The molecule has 0 aliphatic heterocycles. The van der Waals surface area contributed by atoms with Gasteiger partial charge in [0.05, 0.1) is 0 Å². The van der Waals surface area contributed by atoms with Gasteiger partial charge in [0.1, 0.15) is 5.75 Å². The van der Waals surface area contributed by atoms with Crippen molar-refractivity contribution in [3.63, 3.8) is 0 Å². The van der Waals surface area contributed by atoms with Crippen LogP contribution in [0.15, 0.2) is 42.1 Å². The summed E-state index contributed by atoms with van der Waals surface area (Å²) in [7, 11) is 0. The molecule has 0 unspecified atom stereocenters. The third kappa shape index (κ3) is 3.14. The van der Waals surface area contributed by atoms with E-state index in [-0.39, 0.29) is 39.4 Å². The summed E-state index contributed by atoms with van der Waals surface area (Å²) in [5.74, 6) is 1.60. The van der Waals surface area contributed by atoms with E-state index in [1.54, 1.807) is 6.07 Å². The summed E-state index contributed by atoms with van der Waals surface area (Å²) in [5.41, 5.74) is 7.07. The van der Waals surface area contributed by atoms with Crippen molar-refractivity contribution in [2.45, 2.75) is 97.8 Å². The van der Waals surface area contributed by atoms with Crippen molar-refractivity contribution in [3.05, 3.63) is 64.4 Å². The Hall–Kier alpha value is -2.88. The Bertz CT molecular complexity index is 1580. The van der Waals surface area contributed by atoms with Crippen LogP contribution < -0.4 is 0 Å². The molecular formula is C36H45NO3. The fraction of sp³-hybridized carbons (Fsp3) is 0.556. The maximum atomic E-state index is 11.0. The lowest BCUT2D eigenvalue weighted by molar-refractivity contribution is -0.145. The SMILES string of the molecule is Cc1c(O)c(O)cc2c1[C@H](c1c[nH]c3ccc(O)cc13)C=C1[C@@]2(C)CC[C@@]2(C)[C@@H]3C[C@@H](C)CC[C@]3(C)CC[C@]12C. The summed E-state index contributed by atoms with van der Waals surface area (Å²) in [4.78, 5) is 3.44. The molecule has 4 heteroatoms. The fourth-order valence-electron chi connectivity index (χ4n) is 10.4. The van der Waals surface area contributed by atoms with E-state index in [1.807, 2.05) is 25.1 Å². The summed E-state index contributed by atoms with van der Waals surface area (Å²) < 4.78 is 0. The highest BCUT2D eigenvalue weighted by molar-refractivity contribution is 5.86. The van der Waals surface area contributed by atoms with Crippen molar-refractivity contribution in [1.29, 1.82) is 0 Å². The molecule has 4 aliphatic carbocycles. The van der Waals surface area contributed by atoms with Crippen molar-refractivity contribution in [3.8, 4) is 17.2 Å². The highest BCUT2D eigenvalue weighted by Crippen LogP contribution is 2.74. The average molecular weight is 540 g/mol. The van der Waals surface area contributed by atoms with Gasteiger partial charge < -0.3 is 20.3 Å². The van der Waals surface area contributed by atoms with Gasteiger partial charge >= 0.3 is 0 Å². The van der Waals surface area contributed by atoms with Crippen LogP contribution in [0.1, 0.15) is 108 Å². The van der Waals surface area contributed by atoms with Crippen LogP contribution in [0, 0.1) is 35.0 Å². The quantitative estimate of drug-likeness (QED) is 0.184. The second-order valence-corrected chi connectivity index (χ2v) is 15.0. The van der Waals surface area contributed by atoms with Crippen molar-refractivity contribution in [1.82, 2.24) is 4.98 Å². The third-order valence-corrected chi connectivity index (χ3v) is 13.1. The van der Waals surface area contributed by atoms with Gasteiger partial charge in [-0.15, -0.1) is 0 Å². The monoisotopic (exact) mass is 539 g/mol. The molecule has 40 heavy (non-hydrogen) atoms. The molecule has 7 rings (SSSR count). The van der Waals surface area contributed by atoms with E-state index in [2.05, 4.69) is 51.9 Å². The molecule has 3 fully saturated rings. The first-order chi connectivity index (χ1) is 18.8. The molecule has 7 atom stereocenters. The molecule has 3 aromatic rings. The minimum absolute atomic E-state index is 0.0233. The number of benzene rings is 2. The minimum Gasteiger partial charge on any atom is -0.508 e. The van der Waals surface area contributed by atoms with E-state index in [9.17, 15) is 15.3 Å². The van der Waals surface area contributed by atoms with E-state index >= 15 is 0 Å². The summed E-state index contributed by atoms with van der Waals surface area (Å²) in [5, 5.41) is 33.3. The number of allylic oxidation sites excluding steroid dienone is 2. The van der Waals surface area contributed by atoms with Crippen LogP contribution in [0.25, 0.3) is 10.9 Å². The molecule has 0 amide bonds. The lowest BCUT2D eigenvalue weighted by atomic mass is 9.35. The molecule has 3 saturated carbocycles. The van der Waals surface area contributed by atoms with E-state index in [4.69, 9.17) is 0 Å². The second kappa shape index (κ2) is 8.11. The van der Waals surface area contributed by atoms with Crippen LogP contribution in [0.4, 0.5) is 0 Å². The first-order valence-corrected chi connectivity index (χ1v) is 15.4. The standard InChI is InChI=1S/C36H45NO3/c1-20-9-10-33(3)11-13-36(6)30-17-24(25-19-37-27-8-7-22(38)16-23(25)27)31-21(2)32(40)28(39)18-26(31)34(30,4)12-14-35(36,5)29(33)15-20/h7-8,16-20,24,29,37-40H,9-15H2,1-6H3/t20-,24-,29+,33+,34-,35-,36+/m0/s1. The Morgan fingerprint density at radius 3 is 2.48 bits per heavy atom. The number of hydrogen-bond acceptors (Lipinski definition) is 3. The van der Waals surface area contributed by atoms with Crippen LogP contribution in [0.2, 0.25) is 0 Å². The number of aromatic nitrogens is 1. The van der Waals surface area contributed by atoms with Crippen molar-refractivity contribution in [2.75, 3.05) is 0 Å². The molecule has 0 saturated heterocycles.